The average Bonchev–Trinajstić information content (AvgIpc) is 2.48. The van der Waals surface area contributed by atoms with E-state index in [2.05, 4.69) is 0 Å². The summed E-state index contributed by atoms with van der Waals surface area (Å²) >= 11 is 0. The molecule has 0 N–H and O–H groups in total. The molecule has 0 saturated carbocycles. The van der Waals surface area contributed by atoms with E-state index in [0.717, 1.165) is 25.5 Å². The summed E-state index contributed by atoms with van der Waals surface area (Å²) in [6.07, 6.45) is -13.4. The van der Waals surface area contributed by atoms with Gasteiger partial charge in [-0.15, -0.1) is 0 Å². The van der Waals surface area contributed by atoms with Crippen LogP contribution < -0.4 is 0 Å². The summed E-state index contributed by atoms with van der Waals surface area (Å²) in [4.78, 5) is 0. The second-order valence-corrected chi connectivity index (χ2v) is 5.57. The normalized spacial score (nSPS) is 14.7. The van der Waals surface area contributed by atoms with Crippen LogP contribution in [0.5, 0.6) is 0 Å². The fourth-order valence-electron chi connectivity index (χ4n) is 2.31. The molecule has 24 heavy (non-hydrogen) atoms. The molecule has 0 aliphatic heterocycles. The molecule has 1 rings (SSSR count). The zero-order valence-corrected chi connectivity index (χ0v) is 13.3. The van der Waals surface area contributed by atoms with Gasteiger partial charge < -0.3 is 4.74 Å². The van der Waals surface area contributed by atoms with E-state index in [-0.39, 0.29) is 5.56 Å². The van der Waals surface area contributed by atoms with Crippen LogP contribution in [0.15, 0.2) is 24.3 Å². The van der Waals surface area contributed by atoms with E-state index in [9.17, 15) is 30.7 Å². The molecule has 1 aromatic carbocycles. The second kappa shape index (κ2) is 7.72. The number of hydrogen-bond donors (Lipinski definition) is 0. The molecular weight excluding hydrogens is 341 g/mol. The van der Waals surface area contributed by atoms with Gasteiger partial charge in [0.25, 0.3) is 0 Å². The monoisotopic (exact) mass is 360 g/mol. The number of unbranched alkanes of at least 4 members (excludes halogenated alkanes) is 1. The Bertz CT molecular complexity index is 508. The molecular formula is C16H19F7O. The number of alkyl halides is 7. The Morgan fingerprint density at radius 1 is 1.00 bits per heavy atom. The summed E-state index contributed by atoms with van der Waals surface area (Å²) in [7, 11) is 0.955. The van der Waals surface area contributed by atoms with Gasteiger partial charge in [-0.25, -0.2) is 4.39 Å². The second-order valence-electron chi connectivity index (χ2n) is 5.57. The van der Waals surface area contributed by atoms with E-state index < -0.39 is 30.5 Å². The van der Waals surface area contributed by atoms with Crippen LogP contribution in [-0.4, -0.2) is 25.1 Å². The van der Waals surface area contributed by atoms with Crippen molar-refractivity contribution in [1.82, 2.24) is 0 Å². The quantitative estimate of drug-likeness (QED) is 0.547. The van der Waals surface area contributed by atoms with E-state index in [4.69, 9.17) is 4.74 Å². The Morgan fingerprint density at radius 3 is 2.04 bits per heavy atom. The molecule has 1 nitrogen and oxygen atoms in total. The number of ether oxygens (including phenoxy) is 1. The topological polar surface area (TPSA) is 9.23 Å². The third-order valence-electron chi connectivity index (χ3n) is 3.79. The third-order valence-corrected chi connectivity index (χ3v) is 3.79. The van der Waals surface area contributed by atoms with Gasteiger partial charge in [-0.3, -0.25) is 0 Å². The molecule has 0 bridgehead atoms. The number of benzene rings is 1. The van der Waals surface area contributed by atoms with Crippen LogP contribution in [0, 0.1) is 0 Å². The summed E-state index contributed by atoms with van der Waals surface area (Å²) in [5.74, 6) is 0. The van der Waals surface area contributed by atoms with E-state index in [1.54, 1.807) is 6.07 Å². The van der Waals surface area contributed by atoms with Crippen molar-refractivity contribution in [3.05, 3.63) is 35.4 Å². The Kier molecular flexibility index (Phi) is 6.67. The summed E-state index contributed by atoms with van der Waals surface area (Å²) in [5.41, 5.74) is -4.50. The van der Waals surface area contributed by atoms with Crippen molar-refractivity contribution in [2.24, 2.45) is 0 Å². The first-order chi connectivity index (χ1) is 11.0. The molecule has 0 aliphatic rings. The first kappa shape index (κ1) is 20.7. The van der Waals surface area contributed by atoms with Crippen molar-refractivity contribution in [3.63, 3.8) is 0 Å². The SMILES string of the molecule is CCCCc1cccc(C(CC(F)(C(F)(F)F)C(F)(F)F)OC)c1. The molecule has 138 valence electrons. The Labute approximate surface area is 135 Å². The molecule has 1 unspecified atom stereocenters. The van der Waals surface area contributed by atoms with Crippen molar-refractivity contribution < 1.29 is 35.5 Å². The Morgan fingerprint density at radius 2 is 1.58 bits per heavy atom. The molecule has 0 aliphatic carbocycles. The molecule has 0 spiro atoms. The molecule has 0 aromatic heterocycles. The van der Waals surface area contributed by atoms with Crippen LogP contribution in [0.1, 0.15) is 43.4 Å². The van der Waals surface area contributed by atoms with Gasteiger partial charge in [0.2, 0.25) is 0 Å². The van der Waals surface area contributed by atoms with Crippen molar-refractivity contribution in [1.29, 1.82) is 0 Å². The molecule has 0 heterocycles. The zero-order valence-electron chi connectivity index (χ0n) is 13.3. The van der Waals surface area contributed by atoms with Gasteiger partial charge in [-0.05, 0) is 24.0 Å². The third kappa shape index (κ3) is 4.62. The highest BCUT2D eigenvalue weighted by atomic mass is 19.4. The van der Waals surface area contributed by atoms with Crippen LogP contribution in [0.4, 0.5) is 30.7 Å². The Hall–Kier alpha value is -1.31. The molecule has 1 aromatic rings. The van der Waals surface area contributed by atoms with Crippen molar-refractivity contribution in [2.75, 3.05) is 7.11 Å². The molecule has 0 saturated heterocycles. The van der Waals surface area contributed by atoms with Gasteiger partial charge in [0, 0.05) is 13.5 Å². The zero-order chi connectivity index (χ0) is 18.6. The number of hydrogen-bond acceptors (Lipinski definition) is 1. The lowest BCUT2D eigenvalue weighted by Crippen LogP contribution is -2.54. The lowest BCUT2D eigenvalue weighted by Gasteiger charge is -2.32. The summed E-state index contributed by atoms with van der Waals surface area (Å²) < 4.78 is 94.9. The van der Waals surface area contributed by atoms with Crippen LogP contribution >= 0.6 is 0 Å². The van der Waals surface area contributed by atoms with E-state index >= 15 is 0 Å². The number of aryl methyl sites for hydroxylation is 1. The molecule has 8 heteroatoms. The van der Waals surface area contributed by atoms with Crippen LogP contribution in [0.2, 0.25) is 0 Å². The highest BCUT2D eigenvalue weighted by Gasteiger charge is 2.72. The lowest BCUT2D eigenvalue weighted by atomic mass is 9.91. The fraction of sp³-hybridized carbons (Fsp3) is 0.625. The van der Waals surface area contributed by atoms with Crippen LogP contribution in [0.25, 0.3) is 0 Å². The maximum absolute atomic E-state index is 13.9. The summed E-state index contributed by atoms with van der Waals surface area (Å²) in [6, 6.07) is 6.00. The number of rotatable bonds is 7. The average molecular weight is 360 g/mol. The van der Waals surface area contributed by atoms with Crippen molar-refractivity contribution in [2.45, 2.75) is 56.7 Å². The first-order valence-electron chi connectivity index (χ1n) is 7.40. The van der Waals surface area contributed by atoms with Gasteiger partial charge in [0.15, 0.2) is 0 Å². The fourth-order valence-corrected chi connectivity index (χ4v) is 2.31. The van der Waals surface area contributed by atoms with Crippen molar-refractivity contribution in [3.8, 4) is 0 Å². The molecule has 1 atom stereocenters. The highest BCUT2D eigenvalue weighted by molar-refractivity contribution is 5.26. The standard InChI is InChI=1S/C16H19F7O/c1-3-4-6-11-7-5-8-12(9-11)13(24-2)10-14(17,15(18,19)20)16(21,22)23/h5,7-9,13H,3-4,6,10H2,1-2H3. The summed E-state index contributed by atoms with van der Waals surface area (Å²) in [6.45, 7) is 1.95. The minimum absolute atomic E-state index is 0.0848. The van der Waals surface area contributed by atoms with E-state index in [1.165, 1.54) is 18.2 Å². The predicted molar refractivity (Wildman–Crippen MR) is 75.4 cm³/mol. The number of halogens is 7. The van der Waals surface area contributed by atoms with Gasteiger partial charge >= 0.3 is 18.0 Å². The van der Waals surface area contributed by atoms with Gasteiger partial charge in [-0.1, -0.05) is 37.6 Å². The van der Waals surface area contributed by atoms with Crippen LogP contribution in [0.3, 0.4) is 0 Å². The van der Waals surface area contributed by atoms with E-state index in [1.807, 2.05) is 6.92 Å². The van der Waals surface area contributed by atoms with E-state index in [0.29, 0.717) is 6.42 Å². The summed E-state index contributed by atoms with van der Waals surface area (Å²) in [5, 5.41) is 0. The van der Waals surface area contributed by atoms with Gasteiger partial charge in [-0.2, -0.15) is 26.3 Å². The maximum atomic E-state index is 13.9. The molecule has 0 radical (unpaired) electrons. The smallest absolute Gasteiger partial charge is 0.377 e. The molecule has 0 fully saturated rings. The molecule has 0 amide bonds. The number of methoxy groups -OCH3 is 1. The van der Waals surface area contributed by atoms with Gasteiger partial charge in [0.1, 0.15) is 0 Å². The largest absolute Gasteiger partial charge is 0.431 e. The minimum Gasteiger partial charge on any atom is -0.377 e. The lowest BCUT2D eigenvalue weighted by molar-refractivity contribution is -0.348. The Balaban J connectivity index is 3.13. The predicted octanol–water partition coefficient (Wildman–Crippen LogP) is 5.94. The van der Waals surface area contributed by atoms with Crippen molar-refractivity contribution >= 4 is 0 Å². The first-order valence-corrected chi connectivity index (χ1v) is 7.40. The van der Waals surface area contributed by atoms with Crippen LogP contribution in [-0.2, 0) is 11.2 Å². The highest BCUT2D eigenvalue weighted by Crippen LogP contribution is 2.51. The van der Waals surface area contributed by atoms with Gasteiger partial charge in [0.05, 0.1) is 6.10 Å². The minimum atomic E-state index is -6.08. The maximum Gasteiger partial charge on any atom is 0.431 e.